The molecule has 5 nitrogen and oxygen atoms in total. The second-order valence-corrected chi connectivity index (χ2v) is 4.42. The van der Waals surface area contributed by atoms with Gasteiger partial charge < -0.3 is 15.6 Å². The molecular weight excluding hydrogens is 254 g/mol. The Kier molecular flexibility index (Phi) is 7.62. The maximum absolute atomic E-state index is 11.4. The van der Waals surface area contributed by atoms with E-state index in [1.54, 1.807) is 0 Å². The number of nitrogens with zero attached hydrogens (tertiary/aromatic N) is 1. The Hall–Kier alpha value is -1.07. The maximum Gasteiger partial charge on any atom is 0.220 e. The van der Waals surface area contributed by atoms with Crippen LogP contribution in [0.1, 0.15) is 36.8 Å². The molecule has 0 aliphatic carbocycles. The van der Waals surface area contributed by atoms with Gasteiger partial charge in [0.05, 0.1) is 5.69 Å². The number of amides is 1. The number of nitrogens with one attached hydrogen (secondary N) is 1. The predicted octanol–water partition coefficient (Wildman–Crippen LogP) is 1.50. The van der Waals surface area contributed by atoms with Crippen molar-refractivity contribution in [2.24, 2.45) is 5.73 Å². The van der Waals surface area contributed by atoms with Crippen molar-refractivity contribution in [2.75, 3.05) is 6.54 Å². The van der Waals surface area contributed by atoms with Gasteiger partial charge in [0.1, 0.15) is 5.76 Å². The Morgan fingerprint density at radius 3 is 2.67 bits per heavy atom. The molecular formula is C12H22ClN3O2. The van der Waals surface area contributed by atoms with Crippen LogP contribution in [-0.4, -0.2) is 23.7 Å². The van der Waals surface area contributed by atoms with Gasteiger partial charge in [-0.15, -0.1) is 12.4 Å². The number of carbonyl (C=O) groups is 1. The quantitative estimate of drug-likeness (QED) is 0.824. The van der Waals surface area contributed by atoms with Gasteiger partial charge in [0.15, 0.2) is 0 Å². The van der Waals surface area contributed by atoms with Crippen molar-refractivity contribution in [1.82, 2.24) is 10.5 Å². The number of hydrogen-bond acceptors (Lipinski definition) is 4. The molecule has 1 rings (SSSR count). The number of hydrogen-bond donors (Lipinski definition) is 2. The Balaban J connectivity index is 0.00000289. The third-order valence-corrected chi connectivity index (χ3v) is 2.71. The highest BCUT2D eigenvalue weighted by molar-refractivity contribution is 5.85. The van der Waals surface area contributed by atoms with Crippen LogP contribution in [0.5, 0.6) is 0 Å². The van der Waals surface area contributed by atoms with Crippen LogP contribution in [0.2, 0.25) is 0 Å². The molecule has 0 saturated carbocycles. The minimum Gasteiger partial charge on any atom is -0.361 e. The largest absolute Gasteiger partial charge is 0.361 e. The molecule has 1 heterocycles. The Morgan fingerprint density at radius 1 is 1.50 bits per heavy atom. The van der Waals surface area contributed by atoms with E-state index in [1.807, 2.05) is 20.8 Å². The summed E-state index contributed by atoms with van der Waals surface area (Å²) < 4.78 is 5.05. The molecule has 0 bridgehead atoms. The van der Waals surface area contributed by atoms with Crippen LogP contribution in [0.25, 0.3) is 0 Å². The first kappa shape index (κ1) is 16.9. The molecule has 1 unspecified atom stereocenters. The van der Waals surface area contributed by atoms with Crippen LogP contribution >= 0.6 is 12.4 Å². The second kappa shape index (κ2) is 8.11. The van der Waals surface area contributed by atoms with Crippen molar-refractivity contribution >= 4 is 18.3 Å². The molecule has 104 valence electrons. The lowest BCUT2D eigenvalue weighted by Gasteiger charge is -2.06. The highest BCUT2D eigenvalue weighted by atomic mass is 35.5. The number of rotatable bonds is 6. The fourth-order valence-corrected chi connectivity index (χ4v) is 1.63. The fraction of sp³-hybridized carbons (Fsp3) is 0.667. The highest BCUT2D eigenvalue weighted by Gasteiger charge is 2.09. The van der Waals surface area contributed by atoms with Crippen molar-refractivity contribution in [3.63, 3.8) is 0 Å². The standard InChI is InChI=1S/C12H21N3O2.ClH/c1-8(13)4-5-12(16)14-7-6-11-9(2)15-17-10(11)3;/h8H,4-7,13H2,1-3H3,(H,14,16);1H. The Bertz CT molecular complexity index is 358. The van der Waals surface area contributed by atoms with Crippen LogP contribution in [0, 0.1) is 13.8 Å². The lowest BCUT2D eigenvalue weighted by molar-refractivity contribution is -0.121. The summed E-state index contributed by atoms with van der Waals surface area (Å²) in [6, 6.07) is 0.0725. The summed E-state index contributed by atoms with van der Waals surface area (Å²) in [5.74, 6) is 0.876. The Labute approximate surface area is 114 Å². The fourth-order valence-electron chi connectivity index (χ4n) is 1.63. The predicted molar refractivity (Wildman–Crippen MR) is 72.8 cm³/mol. The maximum atomic E-state index is 11.4. The second-order valence-electron chi connectivity index (χ2n) is 4.42. The average Bonchev–Trinajstić information content (AvgIpc) is 2.57. The number of aryl methyl sites for hydroxylation is 2. The third kappa shape index (κ3) is 5.51. The smallest absolute Gasteiger partial charge is 0.220 e. The van der Waals surface area contributed by atoms with Crippen molar-refractivity contribution in [1.29, 1.82) is 0 Å². The van der Waals surface area contributed by atoms with Crippen LogP contribution in [-0.2, 0) is 11.2 Å². The number of aromatic nitrogens is 1. The summed E-state index contributed by atoms with van der Waals surface area (Å²) >= 11 is 0. The van der Waals surface area contributed by atoms with Crippen LogP contribution in [0.4, 0.5) is 0 Å². The van der Waals surface area contributed by atoms with E-state index in [4.69, 9.17) is 10.3 Å². The van der Waals surface area contributed by atoms with E-state index in [2.05, 4.69) is 10.5 Å². The summed E-state index contributed by atoms with van der Waals surface area (Å²) in [6.45, 7) is 6.30. The van der Waals surface area contributed by atoms with Crippen LogP contribution in [0.3, 0.4) is 0 Å². The number of nitrogens with two attached hydrogens (primary N) is 1. The number of carbonyl (C=O) groups excluding carboxylic acids is 1. The van der Waals surface area contributed by atoms with Crippen molar-refractivity contribution in [3.8, 4) is 0 Å². The molecule has 3 N–H and O–H groups in total. The zero-order chi connectivity index (χ0) is 12.8. The monoisotopic (exact) mass is 275 g/mol. The van der Waals surface area contributed by atoms with E-state index in [0.29, 0.717) is 13.0 Å². The van der Waals surface area contributed by atoms with Gasteiger partial charge in [-0.3, -0.25) is 4.79 Å². The minimum atomic E-state index is 0. The SMILES string of the molecule is Cc1noc(C)c1CCNC(=O)CCC(C)N.Cl. The molecule has 1 aromatic rings. The zero-order valence-corrected chi connectivity index (χ0v) is 12.0. The average molecular weight is 276 g/mol. The third-order valence-electron chi connectivity index (χ3n) is 2.71. The molecule has 0 aliphatic rings. The lowest BCUT2D eigenvalue weighted by Crippen LogP contribution is -2.27. The molecule has 0 aliphatic heterocycles. The van der Waals surface area contributed by atoms with Gasteiger partial charge in [0.2, 0.25) is 5.91 Å². The van der Waals surface area contributed by atoms with Crippen molar-refractivity contribution in [3.05, 3.63) is 17.0 Å². The van der Waals surface area contributed by atoms with E-state index in [0.717, 1.165) is 29.9 Å². The summed E-state index contributed by atoms with van der Waals surface area (Å²) in [6.07, 6.45) is 1.96. The molecule has 0 radical (unpaired) electrons. The zero-order valence-electron chi connectivity index (χ0n) is 11.2. The van der Waals surface area contributed by atoms with Gasteiger partial charge in [-0.1, -0.05) is 5.16 Å². The first-order chi connectivity index (χ1) is 8.00. The first-order valence-electron chi connectivity index (χ1n) is 5.94. The molecule has 1 amide bonds. The molecule has 1 atom stereocenters. The summed E-state index contributed by atoms with van der Waals surface area (Å²) in [5.41, 5.74) is 7.56. The van der Waals surface area contributed by atoms with E-state index in [-0.39, 0.29) is 24.4 Å². The van der Waals surface area contributed by atoms with Gasteiger partial charge in [-0.25, -0.2) is 0 Å². The molecule has 0 spiro atoms. The molecule has 6 heteroatoms. The van der Waals surface area contributed by atoms with Gasteiger partial charge in [0.25, 0.3) is 0 Å². The van der Waals surface area contributed by atoms with E-state index in [1.165, 1.54) is 0 Å². The molecule has 18 heavy (non-hydrogen) atoms. The lowest BCUT2D eigenvalue weighted by atomic mass is 10.1. The first-order valence-corrected chi connectivity index (χ1v) is 5.94. The van der Waals surface area contributed by atoms with Gasteiger partial charge in [-0.05, 0) is 33.6 Å². The normalized spacial score (nSPS) is 11.8. The Morgan fingerprint density at radius 2 is 2.17 bits per heavy atom. The molecule has 0 fully saturated rings. The van der Waals surface area contributed by atoms with Crippen LogP contribution < -0.4 is 11.1 Å². The van der Waals surface area contributed by atoms with Crippen molar-refractivity contribution in [2.45, 2.75) is 46.1 Å². The highest BCUT2D eigenvalue weighted by Crippen LogP contribution is 2.12. The summed E-state index contributed by atoms with van der Waals surface area (Å²) in [7, 11) is 0. The van der Waals surface area contributed by atoms with E-state index < -0.39 is 0 Å². The molecule has 1 aromatic heterocycles. The van der Waals surface area contributed by atoms with Crippen LogP contribution in [0.15, 0.2) is 4.52 Å². The summed E-state index contributed by atoms with van der Waals surface area (Å²) in [5, 5.41) is 6.74. The van der Waals surface area contributed by atoms with Gasteiger partial charge in [0, 0.05) is 24.6 Å². The topological polar surface area (TPSA) is 81.2 Å². The summed E-state index contributed by atoms with van der Waals surface area (Å²) in [4.78, 5) is 11.4. The van der Waals surface area contributed by atoms with Crippen molar-refractivity contribution < 1.29 is 9.32 Å². The number of halogens is 1. The molecule has 0 aromatic carbocycles. The molecule has 0 saturated heterocycles. The van der Waals surface area contributed by atoms with E-state index in [9.17, 15) is 4.79 Å². The van der Waals surface area contributed by atoms with Gasteiger partial charge >= 0.3 is 0 Å². The van der Waals surface area contributed by atoms with Gasteiger partial charge in [-0.2, -0.15) is 0 Å². The van der Waals surface area contributed by atoms with E-state index >= 15 is 0 Å². The minimum absolute atomic E-state index is 0.